The van der Waals surface area contributed by atoms with Crippen LogP contribution in [0.1, 0.15) is 29.1 Å². The molecule has 2 N–H and O–H groups in total. The van der Waals surface area contributed by atoms with Gasteiger partial charge in [0.1, 0.15) is 0 Å². The highest BCUT2D eigenvalue weighted by molar-refractivity contribution is 7.99. The smallest absolute Gasteiger partial charge is 0.251 e. The van der Waals surface area contributed by atoms with E-state index in [9.17, 15) is 9.59 Å². The molecule has 1 heterocycles. The molecule has 2 aromatic carbocycles. The average Bonchev–Trinajstić information content (AvgIpc) is 3.17. The minimum Gasteiger partial charge on any atom is -0.342 e. The quantitative estimate of drug-likeness (QED) is 0.326. The summed E-state index contributed by atoms with van der Waals surface area (Å²) in [5.74, 6) is 0.270. The number of allylic oxidation sites excluding steroid dienone is 1. The number of thioether (sulfide) groups is 1. The molecule has 0 aliphatic rings. The minimum absolute atomic E-state index is 0.142. The Bertz CT molecular complexity index is 1100. The lowest BCUT2D eigenvalue weighted by Crippen LogP contribution is -2.28. The van der Waals surface area contributed by atoms with Crippen LogP contribution >= 0.6 is 35.0 Å². The van der Waals surface area contributed by atoms with Crippen LogP contribution in [0.3, 0.4) is 0 Å². The Morgan fingerprint density at radius 3 is 2.34 bits per heavy atom. The van der Waals surface area contributed by atoms with Crippen LogP contribution in [0.4, 0.5) is 5.69 Å². The van der Waals surface area contributed by atoms with E-state index in [4.69, 9.17) is 23.2 Å². The van der Waals surface area contributed by atoms with Crippen molar-refractivity contribution < 1.29 is 9.59 Å². The second kappa shape index (κ2) is 11.2. The summed E-state index contributed by atoms with van der Waals surface area (Å²) in [6, 6.07) is 13.1. The lowest BCUT2D eigenvalue weighted by Gasteiger charge is -2.15. The molecule has 0 saturated heterocycles. The molecule has 0 radical (unpaired) electrons. The Morgan fingerprint density at radius 2 is 1.72 bits per heavy atom. The molecular weight excluding hydrogens is 469 g/mol. The number of benzene rings is 2. The van der Waals surface area contributed by atoms with Gasteiger partial charge < -0.3 is 15.2 Å². The topological polar surface area (TPSA) is 88.9 Å². The number of halogens is 2. The zero-order valence-corrected chi connectivity index (χ0v) is 19.5. The van der Waals surface area contributed by atoms with Gasteiger partial charge in [0.2, 0.25) is 5.91 Å². The maximum Gasteiger partial charge on any atom is 0.251 e. The van der Waals surface area contributed by atoms with E-state index >= 15 is 0 Å². The van der Waals surface area contributed by atoms with Crippen LogP contribution < -0.4 is 10.6 Å². The summed E-state index contributed by atoms with van der Waals surface area (Å²) in [6.45, 7) is 6.03. The Kier molecular flexibility index (Phi) is 8.33. The van der Waals surface area contributed by atoms with Crippen molar-refractivity contribution in [3.8, 4) is 0 Å². The lowest BCUT2D eigenvalue weighted by atomic mass is 10.2. The van der Waals surface area contributed by atoms with Gasteiger partial charge in [0, 0.05) is 27.8 Å². The van der Waals surface area contributed by atoms with Crippen molar-refractivity contribution in [1.82, 2.24) is 20.1 Å². The number of carbonyl (C=O) groups excluding carboxylic acids is 2. The summed E-state index contributed by atoms with van der Waals surface area (Å²) < 4.78 is 1.82. The minimum atomic E-state index is -0.414. The maximum atomic E-state index is 12.5. The molecule has 0 saturated carbocycles. The number of nitrogens with one attached hydrogen (secondary N) is 2. The van der Waals surface area contributed by atoms with Crippen molar-refractivity contribution in [2.75, 3.05) is 11.1 Å². The van der Waals surface area contributed by atoms with Gasteiger partial charge in [-0.3, -0.25) is 9.59 Å². The molecule has 0 fully saturated rings. The first-order valence-corrected chi connectivity index (χ1v) is 11.4. The number of nitrogens with zero attached hydrogens (tertiary/aromatic N) is 3. The first kappa shape index (κ1) is 23.8. The second-order valence-electron chi connectivity index (χ2n) is 6.79. The van der Waals surface area contributed by atoms with Gasteiger partial charge in [-0.1, -0.05) is 41.0 Å². The van der Waals surface area contributed by atoms with Crippen LogP contribution in [-0.2, 0) is 11.3 Å². The molecule has 10 heteroatoms. The van der Waals surface area contributed by atoms with Crippen molar-refractivity contribution in [2.24, 2.45) is 0 Å². The molecule has 32 heavy (non-hydrogen) atoms. The maximum absolute atomic E-state index is 12.5. The zero-order valence-electron chi connectivity index (χ0n) is 17.2. The SMILES string of the molecule is C=CCn1c(SCC(=O)Nc2ccc(Cl)cc2)nnc1[C@@H](C)NC(=O)c1ccc(Cl)cc1. The van der Waals surface area contributed by atoms with E-state index in [1.54, 1.807) is 54.6 Å². The van der Waals surface area contributed by atoms with Gasteiger partial charge in [-0.05, 0) is 55.5 Å². The van der Waals surface area contributed by atoms with Gasteiger partial charge in [0.15, 0.2) is 11.0 Å². The fraction of sp³-hybridized carbons (Fsp3) is 0.182. The van der Waals surface area contributed by atoms with Gasteiger partial charge in [-0.25, -0.2) is 0 Å². The molecule has 0 unspecified atom stereocenters. The molecular formula is C22H21Cl2N5O2S. The number of hydrogen-bond acceptors (Lipinski definition) is 5. The van der Waals surface area contributed by atoms with Crippen LogP contribution in [0.2, 0.25) is 10.0 Å². The lowest BCUT2D eigenvalue weighted by molar-refractivity contribution is -0.113. The van der Waals surface area contributed by atoms with E-state index in [0.29, 0.717) is 38.8 Å². The van der Waals surface area contributed by atoms with E-state index < -0.39 is 6.04 Å². The molecule has 3 aromatic rings. The fourth-order valence-electron chi connectivity index (χ4n) is 2.83. The molecule has 0 spiro atoms. The number of hydrogen-bond donors (Lipinski definition) is 2. The number of carbonyl (C=O) groups is 2. The Labute approximate surface area is 200 Å². The molecule has 0 aliphatic heterocycles. The molecule has 0 bridgehead atoms. The monoisotopic (exact) mass is 489 g/mol. The van der Waals surface area contributed by atoms with Gasteiger partial charge in [-0.15, -0.1) is 16.8 Å². The normalized spacial score (nSPS) is 11.6. The second-order valence-corrected chi connectivity index (χ2v) is 8.60. The van der Waals surface area contributed by atoms with Gasteiger partial charge >= 0.3 is 0 Å². The van der Waals surface area contributed by atoms with Gasteiger partial charge in [0.05, 0.1) is 11.8 Å². The standard InChI is InChI=1S/C22H21Cl2N5O2S/c1-3-12-29-20(14(2)25-21(31)15-4-6-16(23)7-5-15)27-28-22(29)32-13-19(30)26-18-10-8-17(24)9-11-18/h3-11,14H,1,12-13H2,2H3,(H,25,31)(H,26,30)/t14-/m1/s1. The highest BCUT2D eigenvalue weighted by Crippen LogP contribution is 2.22. The van der Waals surface area contributed by atoms with Gasteiger partial charge in [-0.2, -0.15) is 0 Å². The molecule has 7 nitrogen and oxygen atoms in total. The summed E-state index contributed by atoms with van der Waals surface area (Å²) in [5.41, 5.74) is 1.15. The summed E-state index contributed by atoms with van der Waals surface area (Å²) in [7, 11) is 0. The van der Waals surface area contributed by atoms with Crippen LogP contribution in [-0.4, -0.2) is 32.3 Å². The molecule has 2 amide bonds. The molecule has 3 rings (SSSR count). The Morgan fingerprint density at radius 1 is 1.09 bits per heavy atom. The summed E-state index contributed by atoms with van der Waals surface area (Å²) in [5, 5.41) is 15.9. The van der Waals surface area contributed by atoms with Gasteiger partial charge in [0.25, 0.3) is 5.91 Å². The first-order chi connectivity index (χ1) is 15.4. The van der Waals surface area contributed by atoms with E-state index in [1.807, 2.05) is 11.5 Å². The predicted molar refractivity (Wildman–Crippen MR) is 128 cm³/mol. The zero-order chi connectivity index (χ0) is 23.1. The van der Waals surface area contributed by atoms with Crippen molar-refractivity contribution in [1.29, 1.82) is 0 Å². The van der Waals surface area contributed by atoms with Crippen LogP contribution in [0.5, 0.6) is 0 Å². The first-order valence-electron chi connectivity index (χ1n) is 9.66. The van der Waals surface area contributed by atoms with E-state index in [0.717, 1.165) is 0 Å². The van der Waals surface area contributed by atoms with Crippen LogP contribution in [0, 0.1) is 0 Å². The average molecular weight is 490 g/mol. The molecule has 166 valence electrons. The van der Waals surface area contributed by atoms with Crippen molar-refractivity contribution in [3.05, 3.63) is 82.6 Å². The Hall–Kier alpha value is -2.81. The Balaban J connectivity index is 1.65. The highest BCUT2D eigenvalue weighted by atomic mass is 35.5. The summed E-state index contributed by atoms with van der Waals surface area (Å²) >= 11 is 13.0. The van der Waals surface area contributed by atoms with Crippen LogP contribution in [0.15, 0.2) is 66.3 Å². The van der Waals surface area contributed by atoms with E-state index in [2.05, 4.69) is 27.4 Å². The van der Waals surface area contributed by atoms with E-state index in [1.165, 1.54) is 11.8 Å². The molecule has 1 atom stereocenters. The summed E-state index contributed by atoms with van der Waals surface area (Å²) in [6.07, 6.45) is 1.71. The van der Waals surface area contributed by atoms with Crippen molar-refractivity contribution in [2.45, 2.75) is 24.7 Å². The number of anilines is 1. The number of aromatic nitrogens is 3. The summed E-state index contributed by atoms with van der Waals surface area (Å²) in [4.78, 5) is 24.8. The van der Waals surface area contributed by atoms with E-state index in [-0.39, 0.29) is 17.6 Å². The third kappa shape index (κ3) is 6.35. The fourth-order valence-corrected chi connectivity index (χ4v) is 3.84. The van der Waals surface area contributed by atoms with Crippen molar-refractivity contribution >= 4 is 52.5 Å². The largest absolute Gasteiger partial charge is 0.342 e. The number of amides is 2. The third-order valence-corrected chi connectivity index (χ3v) is 5.83. The molecule has 1 aromatic heterocycles. The predicted octanol–water partition coefficient (Wildman–Crippen LogP) is 4.99. The highest BCUT2D eigenvalue weighted by Gasteiger charge is 2.20. The van der Waals surface area contributed by atoms with Crippen molar-refractivity contribution in [3.63, 3.8) is 0 Å². The third-order valence-electron chi connectivity index (χ3n) is 4.36. The number of rotatable bonds is 9. The molecule has 0 aliphatic carbocycles. The van der Waals surface area contributed by atoms with Crippen LogP contribution in [0.25, 0.3) is 0 Å².